The van der Waals surface area contributed by atoms with Gasteiger partial charge in [0.15, 0.2) is 0 Å². The molecule has 1 N–H and O–H groups in total. The molecular weight excluding hydrogens is 256 g/mol. The third-order valence-corrected chi connectivity index (χ3v) is 4.46. The van der Waals surface area contributed by atoms with Crippen LogP contribution in [0.15, 0.2) is 10.5 Å². The number of furan rings is 1. The number of piperazine rings is 1. The summed E-state index contributed by atoms with van der Waals surface area (Å²) in [6.45, 7) is 6.98. The summed E-state index contributed by atoms with van der Waals surface area (Å²) in [6, 6.07) is 2.53. The van der Waals surface area contributed by atoms with Gasteiger partial charge in [0, 0.05) is 31.2 Å². The van der Waals surface area contributed by atoms with E-state index in [9.17, 15) is 4.79 Å². The first-order valence-electron chi connectivity index (χ1n) is 7.42. The molecule has 1 aromatic heterocycles. The molecule has 0 bridgehead atoms. The van der Waals surface area contributed by atoms with Crippen molar-refractivity contribution in [2.24, 2.45) is 0 Å². The van der Waals surface area contributed by atoms with Crippen molar-refractivity contribution in [1.29, 1.82) is 0 Å². The van der Waals surface area contributed by atoms with Crippen LogP contribution in [0.5, 0.6) is 0 Å². The molecular formula is C15H22N2O3. The van der Waals surface area contributed by atoms with Crippen LogP contribution >= 0.6 is 0 Å². The molecule has 1 atom stereocenters. The van der Waals surface area contributed by atoms with Crippen LogP contribution in [0.25, 0.3) is 0 Å². The Morgan fingerprint density at radius 1 is 1.40 bits per heavy atom. The van der Waals surface area contributed by atoms with Gasteiger partial charge in [-0.2, -0.15) is 0 Å². The lowest BCUT2D eigenvalue weighted by atomic mass is 9.99. The maximum atomic E-state index is 11.0. The van der Waals surface area contributed by atoms with E-state index in [4.69, 9.17) is 9.52 Å². The van der Waals surface area contributed by atoms with Crippen molar-refractivity contribution < 1.29 is 14.3 Å². The first kappa shape index (κ1) is 13.6. The van der Waals surface area contributed by atoms with Gasteiger partial charge in [-0.25, -0.2) is 4.79 Å². The van der Waals surface area contributed by atoms with Gasteiger partial charge in [0.25, 0.3) is 0 Å². The number of nitrogens with zero attached hydrogens (tertiary/aromatic N) is 2. The monoisotopic (exact) mass is 278 g/mol. The molecule has 2 aliphatic heterocycles. The quantitative estimate of drug-likeness (QED) is 0.916. The molecule has 0 aliphatic carbocycles. The van der Waals surface area contributed by atoms with Crippen LogP contribution in [0, 0.1) is 6.92 Å². The highest BCUT2D eigenvalue weighted by Gasteiger charge is 2.29. The van der Waals surface area contributed by atoms with Gasteiger partial charge in [-0.1, -0.05) is 6.42 Å². The second kappa shape index (κ2) is 5.58. The zero-order valence-electron chi connectivity index (χ0n) is 12.0. The van der Waals surface area contributed by atoms with E-state index in [1.807, 2.05) is 6.07 Å². The Morgan fingerprint density at radius 2 is 2.25 bits per heavy atom. The van der Waals surface area contributed by atoms with Crippen LogP contribution in [0.4, 0.5) is 0 Å². The molecule has 0 saturated carbocycles. The minimum absolute atomic E-state index is 0.0799. The standard InChI is InChI=1S/C15H22N2O3/c1-11-8-13(20-14(11)15(18)19)10-16-6-7-17-5-3-2-4-12(17)9-16/h8,12H,2-7,9-10H2,1H3,(H,18,19). The Hall–Kier alpha value is -1.33. The Balaban J connectivity index is 1.63. The summed E-state index contributed by atoms with van der Waals surface area (Å²) in [5.41, 5.74) is 0.712. The molecule has 5 heteroatoms. The van der Waals surface area contributed by atoms with Gasteiger partial charge >= 0.3 is 5.97 Å². The average molecular weight is 278 g/mol. The van der Waals surface area contributed by atoms with Crippen molar-refractivity contribution >= 4 is 5.97 Å². The van der Waals surface area contributed by atoms with Crippen molar-refractivity contribution in [2.45, 2.75) is 38.8 Å². The van der Waals surface area contributed by atoms with E-state index >= 15 is 0 Å². The normalized spacial score (nSPS) is 24.6. The number of fused-ring (bicyclic) bond motifs is 1. The minimum atomic E-state index is -0.981. The highest BCUT2D eigenvalue weighted by molar-refractivity contribution is 5.86. The number of hydrogen-bond acceptors (Lipinski definition) is 4. The topological polar surface area (TPSA) is 56.9 Å². The molecule has 2 fully saturated rings. The van der Waals surface area contributed by atoms with Gasteiger partial charge in [0.2, 0.25) is 5.76 Å². The summed E-state index contributed by atoms with van der Waals surface area (Å²) in [5.74, 6) is -0.133. The highest BCUT2D eigenvalue weighted by atomic mass is 16.4. The number of aryl methyl sites for hydroxylation is 1. The summed E-state index contributed by atoms with van der Waals surface area (Å²) in [4.78, 5) is 16.0. The maximum absolute atomic E-state index is 11.0. The van der Waals surface area contributed by atoms with Crippen molar-refractivity contribution in [3.05, 3.63) is 23.2 Å². The third-order valence-electron chi connectivity index (χ3n) is 4.46. The minimum Gasteiger partial charge on any atom is -0.475 e. The SMILES string of the molecule is Cc1cc(CN2CCN3CCCCC3C2)oc1C(=O)O. The molecule has 0 aromatic carbocycles. The van der Waals surface area contributed by atoms with E-state index in [-0.39, 0.29) is 5.76 Å². The van der Waals surface area contributed by atoms with Crippen molar-refractivity contribution in [3.63, 3.8) is 0 Å². The first-order valence-corrected chi connectivity index (χ1v) is 7.42. The summed E-state index contributed by atoms with van der Waals surface area (Å²) >= 11 is 0. The molecule has 2 aliphatic rings. The fraction of sp³-hybridized carbons (Fsp3) is 0.667. The Bertz CT molecular complexity index is 497. The number of carboxylic acids is 1. The van der Waals surface area contributed by atoms with Gasteiger partial charge in [-0.3, -0.25) is 9.80 Å². The van der Waals surface area contributed by atoms with Crippen molar-refractivity contribution in [2.75, 3.05) is 26.2 Å². The molecule has 3 rings (SSSR count). The van der Waals surface area contributed by atoms with Gasteiger partial charge < -0.3 is 9.52 Å². The average Bonchev–Trinajstić information content (AvgIpc) is 2.79. The van der Waals surface area contributed by atoms with Crippen LogP contribution in [-0.4, -0.2) is 53.1 Å². The fourth-order valence-electron chi connectivity index (χ4n) is 3.42. The Kier molecular flexibility index (Phi) is 3.81. The van der Waals surface area contributed by atoms with Gasteiger partial charge in [0.1, 0.15) is 5.76 Å². The van der Waals surface area contributed by atoms with Crippen LogP contribution in [-0.2, 0) is 6.54 Å². The molecule has 2 saturated heterocycles. The zero-order valence-corrected chi connectivity index (χ0v) is 12.0. The molecule has 1 unspecified atom stereocenters. The summed E-state index contributed by atoms with van der Waals surface area (Å²) in [6.07, 6.45) is 3.95. The largest absolute Gasteiger partial charge is 0.475 e. The molecule has 1 aromatic rings. The lowest BCUT2D eigenvalue weighted by molar-refractivity contribution is 0.0419. The number of piperidine rings is 1. The Labute approximate surface area is 119 Å². The molecule has 3 heterocycles. The van der Waals surface area contributed by atoms with Crippen LogP contribution in [0.1, 0.15) is 41.1 Å². The van der Waals surface area contributed by atoms with Crippen LogP contribution < -0.4 is 0 Å². The summed E-state index contributed by atoms with van der Waals surface area (Å²) in [7, 11) is 0. The molecule has 20 heavy (non-hydrogen) atoms. The van der Waals surface area contributed by atoms with E-state index in [0.717, 1.165) is 31.9 Å². The predicted octanol–water partition coefficient (Wildman–Crippen LogP) is 1.96. The van der Waals surface area contributed by atoms with E-state index in [1.54, 1.807) is 6.92 Å². The lowest BCUT2D eigenvalue weighted by Crippen LogP contribution is -2.54. The van der Waals surface area contributed by atoms with Crippen molar-refractivity contribution in [1.82, 2.24) is 9.80 Å². The lowest BCUT2D eigenvalue weighted by Gasteiger charge is -2.43. The van der Waals surface area contributed by atoms with Gasteiger partial charge in [-0.15, -0.1) is 0 Å². The predicted molar refractivity (Wildman–Crippen MR) is 74.9 cm³/mol. The molecule has 0 amide bonds. The zero-order chi connectivity index (χ0) is 14.1. The van der Waals surface area contributed by atoms with Gasteiger partial charge in [0.05, 0.1) is 6.54 Å². The molecule has 0 spiro atoms. The van der Waals surface area contributed by atoms with Crippen LogP contribution in [0.2, 0.25) is 0 Å². The van der Waals surface area contributed by atoms with E-state index in [0.29, 0.717) is 11.6 Å². The van der Waals surface area contributed by atoms with Crippen molar-refractivity contribution in [3.8, 4) is 0 Å². The summed E-state index contributed by atoms with van der Waals surface area (Å²) < 4.78 is 5.46. The van der Waals surface area contributed by atoms with E-state index in [1.165, 1.54) is 25.8 Å². The maximum Gasteiger partial charge on any atom is 0.372 e. The highest BCUT2D eigenvalue weighted by Crippen LogP contribution is 2.23. The molecule has 110 valence electrons. The number of carbonyl (C=O) groups is 1. The van der Waals surface area contributed by atoms with E-state index in [2.05, 4.69) is 9.80 Å². The van der Waals surface area contributed by atoms with Crippen LogP contribution in [0.3, 0.4) is 0 Å². The van der Waals surface area contributed by atoms with Gasteiger partial charge in [-0.05, 0) is 32.4 Å². The number of carboxylic acid groups (broad SMARTS) is 1. The second-order valence-electron chi connectivity index (χ2n) is 5.95. The summed E-state index contributed by atoms with van der Waals surface area (Å²) in [5, 5.41) is 9.03. The first-order chi connectivity index (χ1) is 9.63. The smallest absolute Gasteiger partial charge is 0.372 e. The number of aromatic carboxylic acids is 1. The third kappa shape index (κ3) is 2.74. The van der Waals surface area contributed by atoms with E-state index < -0.39 is 5.97 Å². The fourth-order valence-corrected chi connectivity index (χ4v) is 3.42. The molecule has 5 nitrogen and oxygen atoms in total. The number of hydrogen-bond donors (Lipinski definition) is 1. The number of rotatable bonds is 3. The second-order valence-corrected chi connectivity index (χ2v) is 5.95. The molecule has 0 radical (unpaired) electrons. The Morgan fingerprint density at radius 3 is 3.00 bits per heavy atom.